The van der Waals surface area contributed by atoms with Gasteiger partial charge in [0.15, 0.2) is 0 Å². The molecule has 0 saturated carbocycles. The summed E-state index contributed by atoms with van der Waals surface area (Å²) in [5.41, 5.74) is 3.99. The number of aryl methyl sites for hydroxylation is 2. The van der Waals surface area contributed by atoms with Crippen LogP contribution >= 0.6 is 0 Å². The summed E-state index contributed by atoms with van der Waals surface area (Å²) in [5.74, 6) is 0.978. The summed E-state index contributed by atoms with van der Waals surface area (Å²) in [6, 6.07) is 7.13. The van der Waals surface area contributed by atoms with Crippen molar-refractivity contribution in [3.8, 4) is 0 Å². The van der Waals surface area contributed by atoms with E-state index in [1.165, 1.54) is 16.7 Å². The van der Waals surface area contributed by atoms with E-state index in [-0.39, 0.29) is 6.04 Å². The van der Waals surface area contributed by atoms with Gasteiger partial charge in [-0.05, 0) is 38.8 Å². The number of nitrogens with zero attached hydrogens (tertiary/aromatic N) is 1. The van der Waals surface area contributed by atoms with Crippen LogP contribution in [0.5, 0.6) is 0 Å². The number of H-pyrrole nitrogens is 1. The monoisotopic (exact) mass is 243 g/mol. The van der Waals surface area contributed by atoms with E-state index in [0.29, 0.717) is 6.04 Å². The number of imidazole rings is 1. The van der Waals surface area contributed by atoms with Crippen LogP contribution in [0.1, 0.15) is 48.4 Å². The molecule has 1 aromatic carbocycles. The van der Waals surface area contributed by atoms with Crippen molar-refractivity contribution >= 4 is 0 Å². The molecule has 0 aliphatic heterocycles. The van der Waals surface area contributed by atoms with E-state index in [0.717, 1.165) is 5.82 Å². The molecule has 2 atom stereocenters. The van der Waals surface area contributed by atoms with Gasteiger partial charge in [0.1, 0.15) is 5.82 Å². The van der Waals surface area contributed by atoms with Gasteiger partial charge in [0.05, 0.1) is 6.04 Å². The van der Waals surface area contributed by atoms with Crippen molar-refractivity contribution in [2.24, 2.45) is 0 Å². The van der Waals surface area contributed by atoms with Crippen LogP contribution in [-0.2, 0) is 0 Å². The molecule has 1 heterocycles. The summed E-state index contributed by atoms with van der Waals surface area (Å²) in [7, 11) is 0. The van der Waals surface area contributed by atoms with Crippen LogP contribution in [0.3, 0.4) is 0 Å². The first-order valence-electron chi connectivity index (χ1n) is 6.40. The topological polar surface area (TPSA) is 40.7 Å². The van der Waals surface area contributed by atoms with Crippen molar-refractivity contribution in [2.75, 3.05) is 0 Å². The Balaban J connectivity index is 2.10. The number of aromatic amines is 1. The maximum atomic E-state index is 4.28. The van der Waals surface area contributed by atoms with Gasteiger partial charge in [0.25, 0.3) is 0 Å². The zero-order valence-electron chi connectivity index (χ0n) is 11.5. The second kappa shape index (κ2) is 5.36. The lowest BCUT2D eigenvalue weighted by atomic mass is 10.00. The molecule has 0 radical (unpaired) electrons. The lowest BCUT2D eigenvalue weighted by Gasteiger charge is -2.21. The van der Waals surface area contributed by atoms with Crippen molar-refractivity contribution in [3.63, 3.8) is 0 Å². The number of aromatic nitrogens is 2. The maximum absolute atomic E-state index is 4.28. The molecule has 0 spiro atoms. The molecule has 0 aliphatic rings. The summed E-state index contributed by atoms with van der Waals surface area (Å²) in [5, 5.41) is 3.57. The fraction of sp³-hybridized carbons (Fsp3) is 0.400. The SMILES string of the molecule is Cc1ccc(C(C)NC(C)c2ncc[nH]2)c(C)c1. The Hall–Kier alpha value is -1.61. The fourth-order valence-corrected chi connectivity index (χ4v) is 2.37. The van der Waals surface area contributed by atoms with E-state index in [1.54, 1.807) is 6.20 Å². The molecule has 3 heteroatoms. The average Bonchev–Trinajstić information content (AvgIpc) is 2.81. The first-order chi connectivity index (χ1) is 8.58. The largest absolute Gasteiger partial charge is 0.347 e. The molecule has 3 nitrogen and oxygen atoms in total. The Morgan fingerprint density at radius 3 is 2.56 bits per heavy atom. The van der Waals surface area contributed by atoms with E-state index in [2.05, 4.69) is 61.2 Å². The molecule has 2 N–H and O–H groups in total. The second-order valence-electron chi connectivity index (χ2n) is 4.94. The number of hydrogen-bond acceptors (Lipinski definition) is 2. The molecule has 2 aromatic rings. The van der Waals surface area contributed by atoms with Gasteiger partial charge in [0, 0.05) is 18.4 Å². The quantitative estimate of drug-likeness (QED) is 0.863. The van der Waals surface area contributed by atoms with Crippen LogP contribution in [-0.4, -0.2) is 9.97 Å². The summed E-state index contributed by atoms with van der Waals surface area (Å²) in [6.45, 7) is 8.61. The van der Waals surface area contributed by atoms with Gasteiger partial charge >= 0.3 is 0 Å². The average molecular weight is 243 g/mol. The van der Waals surface area contributed by atoms with Gasteiger partial charge in [-0.15, -0.1) is 0 Å². The Bertz CT molecular complexity index is 502. The number of hydrogen-bond donors (Lipinski definition) is 2. The highest BCUT2D eigenvalue weighted by atomic mass is 15.0. The molecule has 18 heavy (non-hydrogen) atoms. The van der Waals surface area contributed by atoms with Gasteiger partial charge < -0.3 is 10.3 Å². The highest BCUT2D eigenvalue weighted by molar-refractivity contribution is 5.32. The van der Waals surface area contributed by atoms with E-state index in [1.807, 2.05) is 6.20 Å². The normalized spacial score (nSPS) is 14.4. The van der Waals surface area contributed by atoms with Crippen LogP contribution in [0.4, 0.5) is 0 Å². The highest BCUT2D eigenvalue weighted by Crippen LogP contribution is 2.21. The Labute approximate surface area is 109 Å². The van der Waals surface area contributed by atoms with E-state index in [4.69, 9.17) is 0 Å². The van der Waals surface area contributed by atoms with Crippen LogP contribution < -0.4 is 5.32 Å². The maximum Gasteiger partial charge on any atom is 0.122 e. The lowest BCUT2D eigenvalue weighted by molar-refractivity contribution is 0.478. The third-order valence-corrected chi connectivity index (χ3v) is 3.32. The van der Waals surface area contributed by atoms with Crippen molar-refractivity contribution in [2.45, 2.75) is 39.8 Å². The van der Waals surface area contributed by atoms with E-state index < -0.39 is 0 Å². The number of rotatable bonds is 4. The van der Waals surface area contributed by atoms with Gasteiger partial charge in [0.2, 0.25) is 0 Å². The highest BCUT2D eigenvalue weighted by Gasteiger charge is 2.14. The molecule has 0 saturated heterocycles. The molecule has 2 rings (SSSR count). The van der Waals surface area contributed by atoms with Crippen LogP contribution in [0.2, 0.25) is 0 Å². The summed E-state index contributed by atoms with van der Waals surface area (Å²) in [6.07, 6.45) is 3.64. The molecular formula is C15H21N3. The van der Waals surface area contributed by atoms with Crippen LogP contribution in [0.25, 0.3) is 0 Å². The molecule has 0 bridgehead atoms. The molecule has 1 aromatic heterocycles. The number of benzene rings is 1. The first-order valence-corrected chi connectivity index (χ1v) is 6.40. The zero-order valence-corrected chi connectivity index (χ0v) is 11.5. The minimum absolute atomic E-state index is 0.218. The summed E-state index contributed by atoms with van der Waals surface area (Å²) >= 11 is 0. The zero-order chi connectivity index (χ0) is 13.1. The Morgan fingerprint density at radius 2 is 1.94 bits per heavy atom. The van der Waals surface area contributed by atoms with Gasteiger partial charge in [-0.2, -0.15) is 0 Å². The smallest absolute Gasteiger partial charge is 0.122 e. The van der Waals surface area contributed by atoms with Crippen LogP contribution in [0.15, 0.2) is 30.6 Å². The standard InChI is InChI=1S/C15H21N3/c1-10-5-6-14(11(2)9-10)12(3)18-13(4)15-16-7-8-17-15/h5-9,12-13,18H,1-4H3,(H,16,17). The second-order valence-corrected chi connectivity index (χ2v) is 4.94. The predicted octanol–water partition coefficient (Wildman–Crippen LogP) is 3.44. The third kappa shape index (κ3) is 2.79. The van der Waals surface area contributed by atoms with Crippen molar-refractivity contribution in [1.82, 2.24) is 15.3 Å². The van der Waals surface area contributed by atoms with Gasteiger partial charge in [-0.1, -0.05) is 23.8 Å². The molecule has 0 fully saturated rings. The summed E-state index contributed by atoms with van der Waals surface area (Å²) in [4.78, 5) is 7.43. The van der Waals surface area contributed by atoms with E-state index in [9.17, 15) is 0 Å². The van der Waals surface area contributed by atoms with Crippen LogP contribution in [0, 0.1) is 13.8 Å². The Kier molecular flexibility index (Phi) is 3.82. The Morgan fingerprint density at radius 1 is 1.17 bits per heavy atom. The first kappa shape index (κ1) is 12.8. The van der Waals surface area contributed by atoms with Crippen molar-refractivity contribution in [1.29, 1.82) is 0 Å². The fourth-order valence-electron chi connectivity index (χ4n) is 2.37. The molecule has 0 aliphatic carbocycles. The summed E-state index contributed by atoms with van der Waals surface area (Å²) < 4.78 is 0. The van der Waals surface area contributed by atoms with Gasteiger partial charge in [-0.3, -0.25) is 0 Å². The van der Waals surface area contributed by atoms with E-state index >= 15 is 0 Å². The molecule has 2 unspecified atom stereocenters. The third-order valence-electron chi connectivity index (χ3n) is 3.32. The lowest BCUT2D eigenvalue weighted by Crippen LogP contribution is -2.23. The van der Waals surface area contributed by atoms with Crippen molar-refractivity contribution in [3.05, 3.63) is 53.1 Å². The number of nitrogens with one attached hydrogen (secondary N) is 2. The predicted molar refractivity (Wildman–Crippen MR) is 74.5 cm³/mol. The van der Waals surface area contributed by atoms with Gasteiger partial charge in [-0.25, -0.2) is 4.98 Å². The van der Waals surface area contributed by atoms with Crippen molar-refractivity contribution < 1.29 is 0 Å². The molecule has 96 valence electrons. The molecular weight excluding hydrogens is 222 g/mol. The molecule has 0 amide bonds. The minimum Gasteiger partial charge on any atom is -0.347 e. The minimum atomic E-state index is 0.218.